The first kappa shape index (κ1) is 13.3. The van der Waals surface area contributed by atoms with Crippen LogP contribution in [0.1, 0.15) is 37.8 Å². The number of hydrogen-bond acceptors (Lipinski definition) is 1. The van der Waals surface area contributed by atoms with Crippen molar-refractivity contribution in [1.29, 1.82) is 0 Å². The second-order valence-corrected chi connectivity index (χ2v) is 4.32. The Morgan fingerprint density at radius 2 is 2.31 bits per heavy atom. The molecule has 0 fully saturated rings. The van der Waals surface area contributed by atoms with E-state index in [1.54, 1.807) is 0 Å². The highest BCUT2D eigenvalue weighted by Crippen LogP contribution is 2.22. The molecule has 1 aromatic carbocycles. The first-order valence-corrected chi connectivity index (χ1v) is 6.25. The van der Waals surface area contributed by atoms with E-state index in [1.165, 1.54) is 5.56 Å². The molecule has 0 bridgehead atoms. The zero-order valence-electron chi connectivity index (χ0n) is 9.88. The van der Waals surface area contributed by atoms with Gasteiger partial charge in [-0.25, -0.2) is 0 Å². The Morgan fingerprint density at radius 1 is 1.50 bits per heavy atom. The quantitative estimate of drug-likeness (QED) is 0.549. The van der Waals surface area contributed by atoms with Crippen molar-refractivity contribution in [2.24, 2.45) is 0 Å². The molecule has 1 aromatic rings. The van der Waals surface area contributed by atoms with E-state index in [2.05, 4.69) is 24.9 Å². The smallest absolute Gasteiger partial charge is 0.0409 e. The molecule has 1 atom stereocenters. The van der Waals surface area contributed by atoms with Crippen molar-refractivity contribution in [2.75, 3.05) is 6.54 Å². The highest BCUT2D eigenvalue weighted by atomic mass is 35.5. The summed E-state index contributed by atoms with van der Waals surface area (Å²) in [5.41, 5.74) is 1.28. The fourth-order valence-corrected chi connectivity index (χ4v) is 2.02. The third-order valence-corrected chi connectivity index (χ3v) is 2.84. The molecule has 0 heterocycles. The number of halogens is 1. The van der Waals surface area contributed by atoms with Crippen LogP contribution in [0.25, 0.3) is 0 Å². The van der Waals surface area contributed by atoms with Crippen LogP contribution in [-0.2, 0) is 0 Å². The molecule has 0 aliphatic carbocycles. The molecule has 1 N–H and O–H groups in total. The number of unbranched alkanes of at least 4 members (excludes halogenated alkanes) is 1. The van der Waals surface area contributed by atoms with Gasteiger partial charge in [0.05, 0.1) is 0 Å². The average molecular weight is 238 g/mol. The second kappa shape index (κ2) is 7.48. The van der Waals surface area contributed by atoms with Crippen LogP contribution in [0, 0.1) is 0 Å². The Kier molecular flexibility index (Phi) is 6.20. The lowest BCUT2D eigenvalue weighted by Crippen LogP contribution is -2.20. The van der Waals surface area contributed by atoms with Crippen LogP contribution in [0.3, 0.4) is 0 Å². The minimum absolute atomic E-state index is 0.406. The molecule has 0 radical (unpaired) electrons. The van der Waals surface area contributed by atoms with E-state index in [0.29, 0.717) is 6.04 Å². The van der Waals surface area contributed by atoms with Gasteiger partial charge >= 0.3 is 0 Å². The third kappa shape index (κ3) is 4.38. The van der Waals surface area contributed by atoms with Crippen molar-refractivity contribution in [2.45, 2.75) is 32.2 Å². The SMILES string of the molecule is C=CCCCC(NCC)c1cccc(Cl)c1. The molecule has 1 unspecified atom stereocenters. The Hall–Kier alpha value is -0.790. The van der Waals surface area contributed by atoms with Gasteiger partial charge < -0.3 is 5.32 Å². The number of rotatable bonds is 7. The van der Waals surface area contributed by atoms with Gasteiger partial charge in [0.2, 0.25) is 0 Å². The number of benzene rings is 1. The largest absolute Gasteiger partial charge is 0.310 e. The summed E-state index contributed by atoms with van der Waals surface area (Å²) < 4.78 is 0. The first-order chi connectivity index (χ1) is 7.77. The minimum Gasteiger partial charge on any atom is -0.310 e. The van der Waals surface area contributed by atoms with Crippen LogP contribution >= 0.6 is 11.6 Å². The first-order valence-electron chi connectivity index (χ1n) is 5.87. The summed E-state index contributed by atoms with van der Waals surface area (Å²) >= 11 is 6.01. The Morgan fingerprint density at radius 3 is 2.94 bits per heavy atom. The molecular formula is C14H20ClN. The summed E-state index contributed by atoms with van der Waals surface area (Å²) in [4.78, 5) is 0. The van der Waals surface area contributed by atoms with Gasteiger partial charge in [-0.1, -0.05) is 36.7 Å². The van der Waals surface area contributed by atoms with E-state index >= 15 is 0 Å². The highest BCUT2D eigenvalue weighted by Gasteiger charge is 2.09. The predicted octanol–water partition coefficient (Wildman–Crippen LogP) is 4.35. The molecule has 0 aliphatic heterocycles. The maximum Gasteiger partial charge on any atom is 0.0409 e. The molecule has 0 amide bonds. The van der Waals surface area contributed by atoms with Crippen LogP contribution in [0.5, 0.6) is 0 Å². The van der Waals surface area contributed by atoms with Crippen LogP contribution in [0.15, 0.2) is 36.9 Å². The monoisotopic (exact) mass is 237 g/mol. The normalized spacial score (nSPS) is 12.4. The minimum atomic E-state index is 0.406. The summed E-state index contributed by atoms with van der Waals surface area (Å²) in [7, 11) is 0. The fraction of sp³-hybridized carbons (Fsp3) is 0.429. The number of allylic oxidation sites excluding steroid dienone is 1. The van der Waals surface area contributed by atoms with Gasteiger partial charge in [0.1, 0.15) is 0 Å². The van der Waals surface area contributed by atoms with E-state index < -0.39 is 0 Å². The average Bonchev–Trinajstić information content (AvgIpc) is 2.28. The van der Waals surface area contributed by atoms with Crippen LogP contribution in [-0.4, -0.2) is 6.54 Å². The summed E-state index contributed by atoms with van der Waals surface area (Å²) in [5, 5.41) is 4.30. The molecule has 1 nitrogen and oxygen atoms in total. The van der Waals surface area contributed by atoms with E-state index in [4.69, 9.17) is 11.6 Å². The standard InChI is InChI=1S/C14H20ClN/c1-3-5-6-10-14(16-4-2)12-8-7-9-13(15)11-12/h3,7-9,11,14,16H,1,4-6,10H2,2H3. The van der Waals surface area contributed by atoms with Crippen LogP contribution in [0.2, 0.25) is 5.02 Å². The second-order valence-electron chi connectivity index (χ2n) is 3.88. The van der Waals surface area contributed by atoms with Gasteiger partial charge in [-0.3, -0.25) is 0 Å². The molecule has 2 heteroatoms. The Balaban J connectivity index is 2.64. The van der Waals surface area contributed by atoms with Crippen molar-refractivity contribution >= 4 is 11.6 Å². The molecule has 0 aromatic heterocycles. The molecule has 1 rings (SSSR count). The molecule has 16 heavy (non-hydrogen) atoms. The zero-order valence-corrected chi connectivity index (χ0v) is 10.6. The summed E-state index contributed by atoms with van der Waals surface area (Å²) in [6.45, 7) is 6.86. The topological polar surface area (TPSA) is 12.0 Å². The molecule has 0 aliphatic rings. The van der Waals surface area contributed by atoms with Crippen LogP contribution in [0.4, 0.5) is 0 Å². The van der Waals surface area contributed by atoms with Crippen molar-refractivity contribution in [3.05, 3.63) is 47.5 Å². The third-order valence-electron chi connectivity index (χ3n) is 2.60. The lowest BCUT2D eigenvalue weighted by molar-refractivity contribution is 0.500. The zero-order chi connectivity index (χ0) is 11.8. The maximum atomic E-state index is 6.01. The van der Waals surface area contributed by atoms with Crippen molar-refractivity contribution in [3.8, 4) is 0 Å². The number of hydrogen-bond donors (Lipinski definition) is 1. The van der Waals surface area contributed by atoms with Gasteiger partial charge in [-0.2, -0.15) is 0 Å². The molecule has 88 valence electrons. The van der Waals surface area contributed by atoms with Gasteiger partial charge in [0, 0.05) is 11.1 Å². The number of nitrogens with one attached hydrogen (secondary N) is 1. The summed E-state index contributed by atoms with van der Waals surface area (Å²) in [5.74, 6) is 0. The van der Waals surface area contributed by atoms with E-state index in [9.17, 15) is 0 Å². The Labute approximate surface area is 104 Å². The lowest BCUT2D eigenvalue weighted by Gasteiger charge is -2.18. The van der Waals surface area contributed by atoms with Gasteiger partial charge in [-0.05, 0) is 43.5 Å². The van der Waals surface area contributed by atoms with Crippen molar-refractivity contribution < 1.29 is 0 Å². The maximum absolute atomic E-state index is 6.01. The van der Waals surface area contributed by atoms with Crippen molar-refractivity contribution in [1.82, 2.24) is 5.32 Å². The van der Waals surface area contributed by atoms with Gasteiger partial charge in [0.15, 0.2) is 0 Å². The predicted molar refractivity (Wildman–Crippen MR) is 71.9 cm³/mol. The van der Waals surface area contributed by atoms with Crippen molar-refractivity contribution in [3.63, 3.8) is 0 Å². The van der Waals surface area contributed by atoms with Gasteiger partial charge in [0.25, 0.3) is 0 Å². The molecular weight excluding hydrogens is 218 g/mol. The highest BCUT2D eigenvalue weighted by molar-refractivity contribution is 6.30. The fourth-order valence-electron chi connectivity index (χ4n) is 1.82. The van der Waals surface area contributed by atoms with E-state index in [-0.39, 0.29) is 0 Å². The summed E-state index contributed by atoms with van der Waals surface area (Å²) in [6.07, 6.45) is 5.33. The van der Waals surface area contributed by atoms with Gasteiger partial charge in [-0.15, -0.1) is 6.58 Å². The van der Waals surface area contributed by atoms with Crippen LogP contribution < -0.4 is 5.32 Å². The van der Waals surface area contributed by atoms with E-state index in [1.807, 2.05) is 24.3 Å². The van der Waals surface area contributed by atoms with E-state index in [0.717, 1.165) is 30.8 Å². The molecule has 0 spiro atoms. The summed E-state index contributed by atoms with van der Waals surface area (Å²) in [6, 6.07) is 8.51. The Bertz CT molecular complexity index is 322. The molecule has 0 saturated heterocycles. The lowest BCUT2D eigenvalue weighted by atomic mass is 10.0. The molecule has 0 saturated carbocycles.